The predicted octanol–water partition coefficient (Wildman–Crippen LogP) is 3.27. The third kappa shape index (κ3) is 2.36. The summed E-state index contributed by atoms with van der Waals surface area (Å²) in [5.41, 5.74) is 2.64. The van der Waals surface area contributed by atoms with Crippen LogP contribution >= 0.6 is 15.9 Å². The van der Waals surface area contributed by atoms with Crippen LogP contribution in [0, 0.1) is 5.92 Å². The van der Waals surface area contributed by atoms with Crippen LogP contribution in [-0.2, 0) is 13.0 Å². The molecule has 0 bridgehead atoms. The van der Waals surface area contributed by atoms with Crippen LogP contribution in [0.1, 0.15) is 30.9 Å². The van der Waals surface area contributed by atoms with Crippen LogP contribution in [0.25, 0.3) is 0 Å². The van der Waals surface area contributed by atoms with Crippen molar-refractivity contribution in [2.45, 2.75) is 38.8 Å². The van der Waals surface area contributed by atoms with E-state index >= 15 is 0 Å². The molecule has 1 aliphatic heterocycles. The molecule has 0 spiro atoms. The number of hydrogen-bond acceptors (Lipinski definition) is 2. The highest BCUT2D eigenvalue weighted by molar-refractivity contribution is 9.10. The first-order valence-electron chi connectivity index (χ1n) is 6.40. The van der Waals surface area contributed by atoms with E-state index in [0.29, 0.717) is 6.04 Å². The van der Waals surface area contributed by atoms with Crippen molar-refractivity contribution in [2.24, 2.45) is 5.92 Å². The molecule has 0 unspecified atom stereocenters. The van der Waals surface area contributed by atoms with Gasteiger partial charge in [-0.15, -0.1) is 0 Å². The van der Waals surface area contributed by atoms with Gasteiger partial charge in [0.25, 0.3) is 0 Å². The van der Waals surface area contributed by atoms with E-state index in [0.717, 1.165) is 31.2 Å². The molecule has 1 heterocycles. The topological polar surface area (TPSA) is 21.3 Å². The molecule has 0 radical (unpaired) electrons. The van der Waals surface area contributed by atoms with Crippen molar-refractivity contribution in [1.82, 2.24) is 5.32 Å². The molecule has 17 heavy (non-hydrogen) atoms. The monoisotopic (exact) mass is 295 g/mol. The number of fused-ring (bicyclic) bond motifs is 1. The highest BCUT2D eigenvalue weighted by atomic mass is 79.9. The second kappa shape index (κ2) is 4.62. The average Bonchev–Trinajstić information content (AvgIpc) is 2.70. The Bertz CT molecular complexity index is 426. The zero-order valence-electron chi connectivity index (χ0n) is 10.1. The summed E-state index contributed by atoms with van der Waals surface area (Å²) in [7, 11) is 0. The fourth-order valence-corrected chi connectivity index (χ4v) is 3.35. The highest BCUT2D eigenvalue weighted by Crippen LogP contribution is 2.33. The van der Waals surface area contributed by atoms with Gasteiger partial charge in [-0.3, -0.25) is 0 Å². The van der Waals surface area contributed by atoms with Gasteiger partial charge in [0.15, 0.2) is 0 Å². The summed E-state index contributed by atoms with van der Waals surface area (Å²) in [6.07, 6.45) is 3.68. The predicted molar refractivity (Wildman–Crippen MR) is 72.4 cm³/mol. The van der Waals surface area contributed by atoms with Crippen LogP contribution in [0.15, 0.2) is 16.6 Å². The zero-order chi connectivity index (χ0) is 11.8. The summed E-state index contributed by atoms with van der Waals surface area (Å²) in [5.74, 6) is 2.02. The van der Waals surface area contributed by atoms with Crippen LogP contribution < -0.4 is 10.1 Å². The Hall–Kier alpha value is -0.540. The van der Waals surface area contributed by atoms with Crippen LogP contribution in [0.4, 0.5) is 0 Å². The Kier molecular flexibility index (Phi) is 3.14. The summed E-state index contributed by atoms with van der Waals surface area (Å²) < 4.78 is 6.90. The number of halogens is 1. The smallest absolute Gasteiger partial charge is 0.127 e. The minimum absolute atomic E-state index is 0.709. The quantitative estimate of drug-likeness (QED) is 0.924. The molecule has 0 atom stereocenters. The largest absolute Gasteiger partial charge is 0.493 e. The van der Waals surface area contributed by atoms with E-state index < -0.39 is 0 Å². The molecule has 1 saturated carbocycles. The second-order valence-electron chi connectivity index (χ2n) is 5.31. The van der Waals surface area contributed by atoms with Crippen LogP contribution in [-0.4, -0.2) is 12.6 Å². The first-order chi connectivity index (χ1) is 8.22. The Morgan fingerprint density at radius 2 is 2.24 bits per heavy atom. The maximum atomic E-state index is 5.73. The van der Waals surface area contributed by atoms with Gasteiger partial charge in [-0.05, 0) is 36.5 Å². The van der Waals surface area contributed by atoms with Gasteiger partial charge in [-0.1, -0.05) is 22.9 Å². The Morgan fingerprint density at radius 1 is 1.41 bits per heavy atom. The van der Waals surface area contributed by atoms with Gasteiger partial charge in [-0.2, -0.15) is 0 Å². The molecular weight excluding hydrogens is 278 g/mol. The molecule has 3 rings (SSSR count). The highest BCUT2D eigenvalue weighted by Gasteiger charge is 2.25. The molecule has 92 valence electrons. The van der Waals surface area contributed by atoms with Crippen molar-refractivity contribution >= 4 is 15.9 Å². The van der Waals surface area contributed by atoms with E-state index in [-0.39, 0.29) is 0 Å². The van der Waals surface area contributed by atoms with E-state index in [4.69, 9.17) is 4.74 Å². The molecule has 2 aliphatic rings. The molecule has 0 saturated heterocycles. The molecule has 1 N–H and O–H groups in total. The number of hydrogen-bond donors (Lipinski definition) is 1. The Balaban J connectivity index is 1.70. The minimum atomic E-state index is 0.709. The van der Waals surface area contributed by atoms with E-state index in [1.54, 1.807) is 0 Å². The molecule has 1 aromatic rings. The van der Waals surface area contributed by atoms with Gasteiger partial charge in [0.2, 0.25) is 0 Å². The summed E-state index contributed by atoms with van der Waals surface area (Å²) in [5, 5.41) is 3.62. The van der Waals surface area contributed by atoms with Crippen molar-refractivity contribution in [2.75, 3.05) is 6.61 Å². The maximum Gasteiger partial charge on any atom is 0.127 e. The Morgan fingerprint density at radius 3 is 3.00 bits per heavy atom. The van der Waals surface area contributed by atoms with Crippen LogP contribution in [0.5, 0.6) is 5.75 Å². The van der Waals surface area contributed by atoms with Crippen molar-refractivity contribution in [1.29, 1.82) is 0 Å². The van der Waals surface area contributed by atoms with Gasteiger partial charge in [0.1, 0.15) is 5.75 Å². The van der Waals surface area contributed by atoms with Crippen molar-refractivity contribution in [3.05, 3.63) is 27.7 Å². The molecule has 0 amide bonds. The molecular formula is C14H18BrNO. The second-order valence-corrected chi connectivity index (χ2v) is 6.22. The van der Waals surface area contributed by atoms with Crippen molar-refractivity contribution in [3.8, 4) is 5.75 Å². The fraction of sp³-hybridized carbons (Fsp3) is 0.571. The van der Waals surface area contributed by atoms with Gasteiger partial charge >= 0.3 is 0 Å². The van der Waals surface area contributed by atoms with E-state index in [1.807, 2.05) is 0 Å². The number of benzene rings is 1. The number of rotatable bonds is 3. The number of ether oxygens (including phenoxy) is 1. The Labute approximate surface area is 111 Å². The van der Waals surface area contributed by atoms with Crippen molar-refractivity contribution < 1.29 is 4.74 Å². The van der Waals surface area contributed by atoms with Gasteiger partial charge in [-0.25, -0.2) is 0 Å². The van der Waals surface area contributed by atoms with E-state index in [2.05, 4.69) is 40.3 Å². The van der Waals surface area contributed by atoms with Gasteiger partial charge < -0.3 is 10.1 Å². The molecule has 1 aromatic carbocycles. The summed E-state index contributed by atoms with van der Waals surface area (Å²) in [4.78, 5) is 0. The maximum absolute atomic E-state index is 5.73. The van der Waals surface area contributed by atoms with Gasteiger partial charge in [0.05, 0.1) is 6.61 Å². The summed E-state index contributed by atoms with van der Waals surface area (Å²) in [6.45, 7) is 4.08. The third-order valence-corrected chi connectivity index (χ3v) is 4.24. The molecule has 2 nitrogen and oxygen atoms in total. The molecule has 3 heteroatoms. The van der Waals surface area contributed by atoms with Crippen LogP contribution in [0.3, 0.4) is 0 Å². The SMILES string of the molecule is CC1CC(NCc2cc(Br)cc3c2OCC3)C1. The van der Waals surface area contributed by atoms with Crippen molar-refractivity contribution in [3.63, 3.8) is 0 Å². The third-order valence-electron chi connectivity index (χ3n) is 3.78. The lowest BCUT2D eigenvalue weighted by atomic mass is 9.82. The lowest BCUT2D eigenvalue weighted by molar-refractivity contribution is 0.239. The fourth-order valence-electron chi connectivity index (χ4n) is 2.80. The summed E-state index contributed by atoms with van der Waals surface area (Å²) >= 11 is 3.58. The van der Waals surface area contributed by atoms with E-state index in [1.165, 1.54) is 28.4 Å². The average molecular weight is 296 g/mol. The first-order valence-corrected chi connectivity index (χ1v) is 7.19. The van der Waals surface area contributed by atoms with Crippen LogP contribution in [0.2, 0.25) is 0 Å². The lowest BCUT2D eigenvalue weighted by Crippen LogP contribution is -2.39. The molecule has 1 fully saturated rings. The first kappa shape index (κ1) is 11.5. The normalized spacial score (nSPS) is 26.2. The lowest BCUT2D eigenvalue weighted by Gasteiger charge is -2.33. The number of nitrogens with one attached hydrogen (secondary N) is 1. The molecule has 1 aliphatic carbocycles. The zero-order valence-corrected chi connectivity index (χ0v) is 11.7. The summed E-state index contributed by atoms with van der Waals surface area (Å²) in [6, 6.07) is 5.07. The molecule has 0 aromatic heterocycles. The standard InChI is InChI=1S/C14H18BrNO/c1-9-4-13(5-9)16-8-11-7-12(15)6-10-2-3-17-14(10)11/h6-7,9,13,16H,2-5,8H2,1H3. The van der Waals surface area contributed by atoms with E-state index in [9.17, 15) is 0 Å². The van der Waals surface area contributed by atoms with Gasteiger partial charge in [0, 0.05) is 29.0 Å². The minimum Gasteiger partial charge on any atom is -0.493 e.